The molecule has 0 radical (unpaired) electrons. The molecule has 0 fully saturated rings. The van der Waals surface area contributed by atoms with Gasteiger partial charge in [0.25, 0.3) is 0 Å². The molecule has 0 atom stereocenters. The molecule has 134 valence electrons. The zero-order valence-corrected chi connectivity index (χ0v) is 16.9. The van der Waals surface area contributed by atoms with Crippen LogP contribution in [-0.2, 0) is 4.79 Å². The third-order valence-corrected chi connectivity index (χ3v) is 2.58. The van der Waals surface area contributed by atoms with Gasteiger partial charge in [-0.3, -0.25) is 0 Å². The Morgan fingerprint density at radius 2 is 1.17 bits per heavy atom. The second-order valence-corrected chi connectivity index (χ2v) is 5.09. The van der Waals surface area contributed by atoms with Crippen LogP contribution in [0.25, 0.3) is 0 Å². The topological polar surface area (TPSA) is 26.3 Å². The van der Waals surface area contributed by atoms with Crippen molar-refractivity contribution in [1.82, 2.24) is 0 Å². The van der Waals surface area contributed by atoms with Gasteiger partial charge in [0, 0.05) is 0 Å². The minimum atomic E-state index is 0.167. The molecule has 0 unspecified atom stereocenters. The number of ether oxygens (including phenoxy) is 1. The van der Waals surface area contributed by atoms with Crippen LogP contribution in [0, 0.1) is 20.8 Å². The average Bonchev–Trinajstić information content (AvgIpc) is 2.55. The number of carbonyl (C=O) groups excluding carboxylic acids is 1. The number of Topliss-reactive ketones (excluding diaryl/α,β-unsaturated/α-hetero) is 1. The molecule has 0 aromatic heterocycles. The van der Waals surface area contributed by atoms with E-state index in [-0.39, 0.29) is 5.78 Å². The van der Waals surface area contributed by atoms with E-state index in [0.717, 1.165) is 11.5 Å². The maximum atomic E-state index is 9.44. The van der Waals surface area contributed by atoms with E-state index in [2.05, 4.69) is 45.0 Å². The van der Waals surface area contributed by atoms with Crippen molar-refractivity contribution in [1.29, 1.82) is 0 Å². The van der Waals surface area contributed by atoms with Gasteiger partial charge in [0.2, 0.25) is 0 Å². The van der Waals surface area contributed by atoms with Gasteiger partial charge >= 0.3 is 0 Å². The van der Waals surface area contributed by atoms with E-state index in [9.17, 15) is 4.79 Å². The van der Waals surface area contributed by atoms with E-state index >= 15 is 0 Å². The number of aryl methyl sites for hydroxylation is 3. The third-order valence-electron chi connectivity index (χ3n) is 2.58. The predicted molar refractivity (Wildman–Crippen MR) is 106 cm³/mol. The van der Waals surface area contributed by atoms with Crippen LogP contribution in [0.3, 0.4) is 0 Å². The molecule has 0 spiro atoms. The van der Waals surface area contributed by atoms with Gasteiger partial charge in [-0.1, -0.05) is 63.1 Å². The normalized spacial score (nSPS) is 8.38. The standard InChI is InChI=1S/C15H16O.C3H6O.2C2H6/c1-11-4-7-14(8-5-11)16-15-9-6-12(2)10-13(15)3;1-3(2)4;2*1-2/h4-10H,1-3H3;1-2H3;2*1-2H3. The molecular weight excluding hydrogens is 296 g/mol. The van der Waals surface area contributed by atoms with Gasteiger partial charge in [-0.25, -0.2) is 0 Å². The Balaban J connectivity index is 0. The van der Waals surface area contributed by atoms with Gasteiger partial charge in [-0.05, 0) is 58.4 Å². The molecule has 0 N–H and O–H groups in total. The lowest BCUT2D eigenvalue weighted by Crippen LogP contribution is -1.88. The Morgan fingerprint density at radius 3 is 1.58 bits per heavy atom. The summed E-state index contributed by atoms with van der Waals surface area (Å²) in [6.45, 7) is 17.3. The van der Waals surface area contributed by atoms with E-state index in [1.807, 2.05) is 45.9 Å². The first-order valence-electron chi connectivity index (χ1n) is 8.67. The molecule has 2 rings (SSSR count). The fourth-order valence-corrected chi connectivity index (χ4v) is 1.65. The Hall–Kier alpha value is -2.09. The minimum absolute atomic E-state index is 0.167. The first kappa shape index (κ1) is 24.2. The molecule has 0 aliphatic heterocycles. The molecule has 0 aliphatic rings. The Morgan fingerprint density at radius 1 is 0.750 bits per heavy atom. The molecule has 2 nitrogen and oxygen atoms in total. The van der Waals surface area contributed by atoms with Crippen molar-refractivity contribution in [2.24, 2.45) is 0 Å². The Labute approximate surface area is 148 Å². The summed E-state index contributed by atoms with van der Waals surface area (Å²) in [5, 5.41) is 0. The first-order valence-corrected chi connectivity index (χ1v) is 8.67. The van der Waals surface area contributed by atoms with Gasteiger partial charge in [-0.15, -0.1) is 0 Å². The van der Waals surface area contributed by atoms with Gasteiger partial charge in [-0.2, -0.15) is 0 Å². The molecule has 24 heavy (non-hydrogen) atoms. The van der Waals surface area contributed by atoms with Crippen LogP contribution >= 0.6 is 0 Å². The number of hydrogen-bond donors (Lipinski definition) is 0. The van der Waals surface area contributed by atoms with E-state index in [1.165, 1.54) is 30.5 Å². The molecule has 0 bridgehead atoms. The summed E-state index contributed by atoms with van der Waals surface area (Å²) in [5.41, 5.74) is 3.67. The summed E-state index contributed by atoms with van der Waals surface area (Å²) in [7, 11) is 0. The van der Waals surface area contributed by atoms with Crippen LogP contribution in [0.15, 0.2) is 42.5 Å². The molecule has 0 amide bonds. The van der Waals surface area contributed by atoms with E-state index in [4.69, 9.17) is 4.74 Å². The molecule has 0 saturated carbocycles. The van der Waals surface area contributed by atoms with Crippen LogP contribution in [0.5, 0.6) is 11.5 Å². The summed E-state index contributed by atoms with van der Waals surface area (Å²) in [6.07, 6.45) is 0. The smallest absolute Gasteiger partial charge is 0.130 e. The second-order valence-electron chi connectivity index (χ2n) is 5.09. The maximum Gasteiger partial charge on any atom is 0.130 e. The monoisotopic (exact) mass is 330 g/mol. The molecular formula is C22H34O2. The summed E-state index contributed by atoms with van der Waals surface area (Å²) < 4.78 is 5.82. The highest BCUT2D eigenvalue weighted by Gasteiger charge is 2.01. The lowest BCUT2D eigenvalue weighted by atomic mass is 10.1. The largest absolute Gasteiger partial charge is 0.457 e. The molecule has 0 saturated heterocycles. The summed E-state index contributed by atoms with van der Waals surface area (Å²) in [6, 6.07) is 14.3. The Bertz CT molecular complexity index is 565. The molecule has 2 aromatic carbocycles. The van der Waals surface area contributed by atoms with Gasteiger partial charge in [0.15, 0.2) is 0 Å². The van der Waals surface area contributed by atoms with E-state index in [0.29, 0.717) is 0 Å². The zero-order chi connectivity index (χ0) is 19.1. The van der Waals surface area contributed by atoms with Gasteiger partial charge in [0.1, 0.15) is 17.3 Å². The molecule has 2 aromatic rings. The fraction of sp³-hybridized carbons (Fsp3) is 0.409. The van der Waals surface area contributed by atoms with Crippen molar-refractivity contribution in [2.45, 2.75) is 62.3 Å². The predicted octanol–water partition coefficient (Wildman–Crippen LogP) is 7.05. The molecule has 2 heteroatoms. The van der Waals surface area contributed by atoms with E-state index < -0.39 is 0 Å². The maximum absolute atomic E-state index is 9.44. The lowest BCUT2D eigenvalue weighted by Gasteiger charge is -2.09. The van der Waals surface area contributed by atoms with Crippen LogP contribution in [0.2, 0.25) is 0 Å². The SMILES string of the molecule is CC.CC.CC(C)=O.Cc1ccc(Oc2ccc(C)cc2C)cc1. The van der Waals surface area contributed by atoms with Gasteiger partial charge < -0.3 is 9.53 Å². The van der Waals surface area contributed by atoms with Gasteiger partial charge in [0.05, 0.1) is 0 Å². The van der Waals surface area contributed by atoms with Crippen LogP contribution in [-0.4, -0.2) is 5.78 Å². The number of ketones is 1. The number of hydrogen-bond acceptors (Lipinski definition) is 2. The quantitative estimate of drug-likeness (QED) is 0.589. The highest BCUT2D eigenvalue weighted by Crippen LogP contribution is 2.25. The summed E-state index contributed by atoms with van der Waals surface area (Å²) in [5.74, 6) is 1.98. The highest BCUT2D eigenvalue weighted by atomic mass is 16.5. The summed E-state index contributed by atoms with van der Waals surface area (Å²) in [4.78, 5) is 9.44. The van der Waals surface area contributed by atoms with Crippen molar-refractivity contribution in [2.75, 3.05) is 0 Å². The molecule has 0 aliphatic carbocycles. The lowest BCUT2D eigenvalue weighted by molar-refractivity contribution is -0.114. The fourth-order valence-electron chi connectivity index (χ4n) is 1.65. The number of benzene rings is 2. The summed E-state index contributed by atoms with van der Waals surface area (Å²) >= 11 is 0. The average molecular weight is 331 g/mol. The van der Waals surface area contributed by atoms with E-state index in [1.54, 1.807) is 0 Å². The Kier molecular flexibility index (Phi) is 14.6. The van der Waals surface area contributed by atoms with Crippen molar-refractivity contribution in [3.63, 3.8) is 0 Å². The number of carbonyl (C=O) groups is 1. The van der Waals surface area contributed by atoms with Crippen molar-refractivity contribution in [3.05, 3.63) is 59.2 Å². The van der Waals surface area contributed by atoms with Crippen molar-refractivity contribution in [3.8, 4) is 11.5 Å². The van der Waals surface area contributed by atoms with Crippen LogP contribution in [0.4, 0.5) is 0 Å². The molecule has 0 heterocycles. The van der Waals surface area contributed by atoms with Crippen molar-refractivity contribution >= 4 is 5.78 Å². The van der Waals surface area contributed by atoms with Crippen molar-refractivity contribution < 1.29 is 9.53 Å². The third kappa shape index (κ3) is 11.5. The first-order chi connectivity index (χ1) is 11.4. The highest BCUT2D eigenvalue weighted by molar-refractivity contribution is 5.72. The van der Waals surface area contributed by atoms with Crippen LogP contribution in [0.1, 0.15) is 58.2 Å². The van der Waals surface area contributed by atoms with Crippen LogP contribution < -0.4 is 4.74 Å². The zero-order valence-electron chi connectivity index (χ0n) is 16.9. The second kappa shape index (κ2) is 14.5. The minimum Gasteiger partial charge on any atom is -0.457 e. The number of rotatable bonds is 2.